The number of nitrogens with zero attached hydrogens (tertiary/aromatic N) is 1. The number of aromatic nitrogens is 1. The molecule has 0 N–H and O–H groups in total. The molecule has 2 unspecified atom stereocenters. The Labute approximate surface area is 91.3 Å². The first kappa shape index (κ1) is 12.3. The SMILES string of the molecule is CC(Cl)C(C)c1cc(C(F)(F)F)ccn1. The van der Waals surface area contributed by atoms with Crippen molar-refractivity contribution in [1.29, 1.82) is 0 Å². The van der Waals surface area contributed by atoms with E-state index in [0.29, 0.717) is 5.69 Å². The van der Waals surface area contributed by atoms with Crippen molar-refractivity contribution in [3.63, 3.8) is 0 Å². The molecule has 0 aromatic carbocycles. The van der Waals surface area contributed by atoms with Crippen LogP contribution in [0, 0.1) is 0 Å². The highest BCUT2D eigenvalue weighted by molar-refractivity contribution is 6.20. The normalized spacial score (nSPS) is 16.1. The van der Waals surface area contributed by atoms with Gasteiger partial charge in [-0.25, -0.2) is 0 Å². The van der Waals surface area contributed by atoms with Crippen molar-refractivity contribution < 1.29 is 13.2 Å². The molecule has 1 heterocycles. The van der Waals surface area contributed by atoms with E-state index in [1.165, 1.54) is 0 Å². The summed E-state index contributed by atoms with van der Waals surface area (Å²) in [5.41, 5.74) is -0.316. The number of hydrogen-bond acceptors (Lipinski definition) is 1. The van der Waals surface area contributed by atoms with Crippen LogP contribution in [0.15, 0.2) is 18.3 Å². The van der Waals surface area contributed by atoms with E-state index in [1.807, 2.05) is 0 Å². The van der Waals surface area contributed by atoms with Crippen molar-refractivity contribution in [2.45, 2.75) is 31.3 Å². The quantitative estimate of drug-likeness (QED) is 0.713. The first-order chi connectivity index (χ1) is 6.82. The molecule has 0 radical (unpaired) electrons. The topological polar surface area (TPSA) is 12.9 Å². The number of hydrogen-bond donors (Lipinski definition) is 0. The maximum Gasteiger partial charge on any atom is 0.416 e. The molecule has 1 aromatic heterocycles. The standard InChI is InChI=1S/C10H11ClF3N/c1-6(7(2)11)9-5-8(3-4-15-9)10(12,13)14/h3-7H,1-2H3. The molecular weight excluding hydrogens is 227 g/mol. The van der Waals surface area contributed by atoms with Crippen LogP contribution in [0.25, 0.3) is 0 Å². The molecule has 15 heavy (non-hydrogen) atoms. The minimum atomic E-state index is -4.33. The van der Waals surface area contributed by atoms with Crippen LogP contribution in [0.4, 0.5) is 13.2 Å². The van der Waals surface area contributed by atoms with Crippen molar-refractivity contribution in [3.05, 3.63) is 29.6 Å². The van der Waals surface area contributed by atoms with Crippen LogP contribution >= 0.6 is 11.6 Å². The molecule has 5 heteroatoms. The summed E-state index contributed by atoms with van der Waals surface area (Å²) < 4.78 is 37.1. The van der Waals surface area contributed by atoms with Gasteiger partial charge in [-0.3, -0.25) is 4.98 Å². The Balaban J connectivity index is 3.03. The van der Waals surface area contributed by atoms with Crippen LogP contribution < -0.4 is 0 Å². The lowest BCUT2D eigenvalue weighted by atomic mass is 10.0. The Hall–Kier alpha value is -0.770. The van der Waals surface area contributed by atoms with Gasteiger partial charge in [0, 0.05) is 23.2 Å². The predicted molar refractivity (Wildman–Crippen MR) is 53.0 cm³/mol. The monoisotopic (exact) mass is 237 g/mol. The zero-order chi connectivity index (χ0) is 11.6. The second-order valence-corrected chi connectivity index (χ2v) is 4.12. The lowest BCUT2D eigenvalue weighted by molar-refractivity contribution is -0.137. The van der Waals surface area contributed by atoms with Gasteiger partial charge in [0.15, 0.2) is 0 Å². The molecule has 2 atom stereocenters. The lowest BCUT2D eigenvalue weighted by Crippen LogP contribution is -2.11. The van der Waals surface area contributed by atoms with Gasteiger partial charge in [0.25, 0.3) is 0 Å². The predicted octanol–water partition coefficient (Wildman–Crippen LogP) is 3.83. The molecule has 0 saturated carbocycles. The third-order valence-corrected chi connectivity index (χ3v) is 2.64. The van der Waals surface area contributed by atoms with Gasteiger partial charge in [-0.15, -0.1) is 11.6 Å². The van der Waals surface area contributed by atoms with Crippen molar-refractivity contribution in [1.82, 2.24) is 4.98 Å². The fourth-order valence-electron chi connectivity index (χ4n) is 1.11. The molecule has 1 rings (SSSR count). The van der Waals surface area contributed by atoms with Gasteiger partial charge in [0.1, 0.15) is 0 Å². The zero-order valence-electron chi connectivity index (χ0n) is 8.35. The second kappa shape index (κ2) is 4.39. The maximum atomic E-state index is 12.4. The van der Waals surface area contributed by atoms with Crippen LogP contribution in [0.5, 0.6) is 0 Å². The molecule has 0 aliphatic rings. The van der Waals surface area contributed by atoms with Crippen molar-refractivity contribution in [3.8, 4) is 0 Å². The van der Waals surface area contributed by atoms with E-state index in [-0.39, 0.29) is 11.3 Å². The first-order valence-corrected chi connectivity index (χ1v) is 4.93. The highest BCUT2D eigenvalue weighted by Crippen LogP contribution is 2.31. The third kappa shape index (κ3) is 3.09. The van der Waals surface area contributed by atoms with Gasteiger partial charge in [-0.2, -0.15) is 13.2 Å². The van der Waals surface area contributed by atoms with Crippen LogP contribution in [0.1, 0.15) is 31.0 Å². The summed E-state index contributed by atoms with van der Waals surface area (Å²) in [6.45, 7) is 3.48. The number of alkyl halides is 4. The van der Waals surface area contributed by atoms with Crippen LogP contribution in [-0.2, 0) is 6.18 Å². The van der Waals surface area contributed by atoms with E-state index in [9.17, 15) is 13.2 Å². The molecule has 0 aliphatic heterocycles. The van der Waals surface area contributed by atoms with Crippen LogP contribution in [0.2, 0.25) is 0 Å². The average molecular weight is 238 g/mol. The van der Waals surface area contributed by atoms with Gasteiger partial charge in [-0.05, 0) is 19.1 Å². The summed E-state index contributed by atoms with van der Waals surface area (Å²) in [5, 5.41) is -0.249. The number of rotatable bonds is 2. The highest BCUT2D eigenvalue weighted by atomic mass is 35.5. The van der Waals surface area contributed by atoms with Gasteiger partial charge in [0.05, 0.1) is 5.56 Å². The van der Waals surface area contributed by atoms with E-state index in [1.54, 1.807) is 13.8 Å². The largest absolute Gasteiger partial charge is 0.416 e. The molecule has 1 aromatic rings. The van der Waals surface area contributed by atoms with E-state index >= 15 is 0 Å². The van der Waals surface area contributed by atoms with Gasteiger partial charge in [0.2, 0.25) is 0 Å². The van der Waals surface area contributed by atoms with Crippen LogP contribution in [0.3, 0.4) is 0 Å². The van der Waals surface area contributed by atoms with Gasteiger partial charge in [-0.1, -0.05) is 6.92 Å². The summed E-state index contributed by atoms with van der Waals surface area (Å²) in [6.07, 6.45) is -3.17. The number of pyridine rings is 1. The molecule has 0 bridgehead atoms. The maximum absolute atomic E-state index is 12.4. The Bertz CT molecular complexity index is 336. The smallest absolute Gasteiger partial charge is 0.261 e. The Morgan fingerprint density at radius 2 is 1.93 bits per heavy atom. The minimum Gasteiger partial charge on any atom is -0.261 e. The second-order valence-electron chi connectivity index (χ2n) is 3.43. The molecule has 0 aliphatic carbocycles. The summed E-state index contributed by atoms with van der Waals surface area (Å²) >= 11 is 5.81. The molecular formula is C10H11ClF3N. The van der Waals surface area contributed by atoms with E-state index < -0.39 is 11.7 Å². The molecule has 0 saturated heterocycles. The Morgan fingerprint density at radius 1 is 1.33 bits per heavy atom. The highest BCUT2D eigenvalue weighted by Gasteiger charge is 2.31. The van der Waals surface area contributed by atoms with Crippen molar-refractivity contribution >= 4 is 11.6 Å². The molecule has 0 fully saturated rings. The summed E-state index contributed by atoms with van der Waals surface area (Å²) in [4.78, 5) is 3.89. The lowest BCUT2D eigenvalue weighted by Gasteiger charge is -2.14. The third-order valence-electron chi connectivity index (χ3n) is 2.26. The summed E-state index contributed by atoms with van der Waals surface area (Å²) in [5.74, 6) is -0.200. The number of halogens is 4. The molecule has 1 nitrogen and oxygen atoms in total. The fourth-order valence-corrected chi connectivity index (χ4v) is 1.24. The summed E-state index contributed by atoms with van der Waals surface area (Å²) in [6, 6.07) is 2.00. The van der Waals surface area contributed by atoms with E-state index in [0.717, 1.165) is 18.3 Å². The Kier molecular flexibility index (Phi) is 3.60. The van der Waals surface area contributed by atoms with Gasteiger partial charge >= 0.3 is 6.18 Å². The van der Waals surface area contributed by atoms with Crippen molar-refractivity contribution in [2.75, 3.05) is 0 Å². The average Bonchev–Trinajstić information content (AvgIpc) is 2.15. The van der Waals surface area contributed by atoms with Gasteiger partial charge < -0.3 is 0 Å². The van der Waals surface area contributed by atoms with Crippen LogP contribution in [-0.4, -0.2) is 10.4 Å². The molecule has 0 amide bonds. The zero-order valence-corrected chi connectivity index (χ0v) is 9.10. The first-order valence-electron chi connectivity index (χ1n) is 4.49. The minimum absolute atomic E-state index is 0.200. The Morgan fingerprint density at radius 3 is 2.40 bits per heavy atom. The molecule has 84 valence electrons. The molecule has 0 spiro atoms. The van der Waals surface area contributed by atoms with E-state index in [2.05, 4.69) is 4.98 Å². The fraction of sp³-hybridized carbons (Fsp3) is 0.500. The van der Waals surface area contributed by atoms with Crippen molar-refractivity contribution in [2.24, 2.45) is 0 Å². The summed E-state index contributed by atoms with van der Waals surface area (Å²) in [7, 11) is 0. The van der Waals surface area contributed by atoms with E-state index in [4.69, 9.17) is 11.6 Å².